The zero-order valence-electron chi connectivity index (χ0n) is 13.4. The summed E-state index contributed by atoms with van der Waals surface area (Å²) in [6.45, 7) is 9.18. The molecule has 0 heterocycles. The van der Waals surface area contributed by atoms with Gasteiger partial charge in [0.15, 0.2) is 0 Å². The van der Waals surface area contributed by atoms with Gasteiger partial charge in [-0.1, -0.05) is 63.2 Å². The standard InChI is InChI=1S/C19H25NO/c1-14(20)16-10-11-18(17(12-16)19(2,3)4)21-13-15-8-6-5-7-9-15/h5-12,14H,13,20H2,1-4H3. The smallest absolute Gasteiger partial charge is 0.123 e. The summed E-state index contributed by atoms with van der Waals surface area (Å²) in [5.41, 5.74) is 9.55. The molecule has 2 nitrogen and oxygen atoms in total. The molecule has 0 saturated heterocycles. The molecule has 0 aromatic heterocycles. The molecule has 0 amide bonds. The van der Waals surface area contributed by atoms with E-state index in [9.17, 15) is 0 Å². The van der Waals surface area contributed by atoms with Crippen LogP contribution < -0.4 is 10.5 Å². The van der Waals surface area contributed by atoms with E-state index in [4.69, 9.17) is 10.5 Å². The summed E-state index contributed by atoms with van der Waals surface area (Å²) in [7, 11) is 0. The van der Waals surface area contributed by atoms with Crippen molar-refractivity contribution in [1.82, 2.24) is 0 Å². The van der Waals surface area contributed by atoms with Gasteiger partial charge >= 0.3 is 0 Å². The van der Waals surface area contributed by atoms with Crippen LogP contribution >= 0.6 is 0 Å². The summed E-state index contributed by atoms with van der Waals surface area (Å²) in [6, 6.07) is 16.5. The minimum absolute atomic E-state index is 0.0247. The maximum atomic E-state index is 6.04. The molecule has 1 atom stereocenters. The van der Waals surface area contributed by atoms with E-state index in [0.29, 0.717) is 6.61 Å². The van der Waals surface area contributed by atoms with Crippen molar-refractivity contribution in [3.63, 3.8) is 0 Å². The normalized spacial score (nSPS) is 13.0. The van der Waals surface area contributed by atoms with Crippen LogP contribution in [0.15, 0.2) is 48.5 Å². The van der Waals surface area contributed by atoms with Crippen LogP contribution in [-0.4, -0.2) is 0 Å². The number of rotatable bonds is 4. The molecule has 21 heavy (non-hydrogen) atoms. The van der Waals surface area contributed by atoms with E-state index in [1.165, 1.54) is 11.1 Å². The van der Waals surface area contributed by atoms with E-state index >= 15 is 0 Å². The number of benzene rings is 2. The molecule has 2 N–H and O–H groups in total. The Morgan fingerprint density at radius 3 is 2.29 bits per heavy atom. The molecule has 2 heteroatoms. The minimum Gasteiger partial charge on any atom is -0.489 e. The Labute approximate surface area is 127 Å². The van der Waals surface area contributed by atoms with Gasteiger partial charge in [-0.25, -0.2) is 0 Å². The zero-order chi connectivity index (χ0) is 15.5. The lowest BCUT2D eigenvalue weighted by Gasteiger charge is -2.24. The number of hydrogen-bond acceptors (Lipinski definition) is 2. The molecule has 2 rings (SSSR count). The topological polar surface area (TPSA) is 35.2 Å². The molecule has 0 spiro atoms. The molecule has 0 radical (unpaired) electrons. The van der Waals surface area contributed by atoms with Gasteiger partial charge in [-0.15, -0.1) is 0 Å². The first kappa shape index (κ1) is 15.6. The lowest BCUT2D eigenvalue weighted by atomic mass is 9.84. The highest BCUT2D eigenvalue weighted by atomic mass is 16.5. The maximum absolute atomic E-state index is 6.04. The van der Waals surface area contributed by atoms with Gasteiger partial charge in [-0.2, -0.15) is 0 Å². The molecule has 1 unspecified atom stereocenters. The largest absolute Gasteiger partial charge is 0.489 e. The number of ether oxygens (including phenoxy) is 1. The van der Waals surface area contributed by atoms with Crippen LogP contribution in [0.3, 0.4) is 0 Å². The van der Waals surface area contributed by atoms with Gasteiger partial charge < -0.3 is 10.5 Å². The molecule has 0 fully saturated rings. The summed E-state index contributed by atoms with van der Waals surface area (Å²) >= 11 is 0. The van der Waals surface area contributed by atoms with E-state index in [0.717, 1.165) is 11.3 Å². The minimum atomic E-state index is 0.0247. The fourth-order valence-electron chi connectivity index (χ4n) is 2.28. The predicted molar refractivity (Wildman–Crippen MR) is 88.5 cm³/mol. The third-order valence-corrected chi connectivity index (χ3v) is 3.57. The molecule has 0 bridgehead atoms. The van der Waals surface area contributed by atoms with Gasteiger partial charge in [0.05, 0.1) is 0 Å². The van der Waals surface area contributed by atoms with Gasteiger partial charge in [-0.3, -0.25) is 0 Å². The average Bonchev–Trinajstić information content (AvgIpc) is 2.45. The lowest BCUT2D eigenvalue weighted by molar-refractivity contribution is 0.297. The third kappa shape index (κ3) is 4.08. The van der Waals surface area contributed by atoms with E-state index < -0.39 is 0 Å². The molecule has 2 aromatic carbocycles. The first-order valence-electron chi connectivity index (χ1n) is 7.44. The highest BCUT2D eigenvalue weighted by Crippen LogP contribution is 2.33. The van der Waals surface area contributed by atoms with Gasteiger partial charge in [0, 0.05) is 6.04 Å². The Morgan fingerprint density at radius 2 is 1.71 bits per heavy atom. The van der Waals surface area contributed by atoms with Crippen LogP contribution in [-0.2, 0) is 12.0 Å². The summed E-state index contributed by atoms with van der Waals surface area (Å²) in [5, 5.41) is 0. The fraction of sp³-hybridized carbons (Fsp3) is 0.368. The fourth-order valence-corrected chi connectivity index (χ4v) is 2.28. The van der Waals surface area contributed by atoms with Gasteiger partial charge in [0.25, 0.3) is 0 Å². The Balaban J connectivity index is 2.26. The second-order valence-electron chi connectivity index (χ2n) is 6.57. The van der Waals surface area contributed by atoms with Crippen molar-refractivity contribution in [2.75, 3.05) is 0 Å². The van der Waals surface area contributed by atoms with Crippen LogP contribution in [0, 0.1) is 0 Å². The Hall–Kier alpha value is -1.80. The van der Waals surface area contributed by atoms with Crippen molar-refractivity contribution in [3.8, 4) is 5.75 Å². The third-order valence-electron chi connectivity index (χ3n) is 3.57. The zero-order valence-corrected chi connectivity index (χ0v) is 13.4. The molecule has 0 aliphatic heterocycles. The van der Waals surface area contributed by atoms with Crippen molar-refractivity contribution < 1.29 is 4.74 Å². The monoisotopic (exact) mass is 283 g/mol. The van der Waals surface area contributed by atoms with Gasteiger partial charge in [-0.05, 0) is 35.1 Å². The molecular formula is C19H25NO. The van der Waals surface area contributed by atoms with Gasteiger partial charge in [0.1, 0.15) is 12.4 Å². The highest BCUT2D eigenvalue weighted by Gasteiger charge is 2.20. The summed E-state index contributed by atoms with van der Waals surface area (Å²) in [5.74, 6) is 0.941. The SMILES string of the molecule is CC(N)c1ccc(OCc2ccccc2)c(C(C)(C)C)c1. The van der Waals surface area contributed by atoms with Crippen molar-refractivity contribution in [3.05, 3.63) is 65.2 Å². The van der Waals surface area contributed by atoms with Crippen LogP contribution in [0.1, 0.15) is 50.4 Å². The molecular weight excluding hydrogens is 258 g/mol. The second kappa shape index (κ2) is 6.31. The van der Waals surface area contributed by atoms with Crippen molar-refractivity contribution in [2.45, 2.75) is 45.8 Å². The quantitative estimate of drug-likeness (QED) is 0.891. The molecule has 0 aliphatic carbocycles. The van der Waals surface area contributed by atoms with Crippen LogP contribution in [0.4, 0.5) is 0 Å². The lowest BCUT2D eigenvalue weighted by Crippen LogP contribution is -2.15. The van der Waals surface area contributed by atoms with Crippen LogP contribution in [0.2, 0.25) is 0 Å². The second-order valence-corrected chi connectivity index (χ2v) is 6.57. The van der Waals surface area contributed by atoms with Crippen LogP contribution in [0.5, 0.6) is 5.75 Å². The van der Waals surface area contributed by atoms with Crippen molar-refractivity contribution in [2.24, 2.45) is 5.73 Å². The molecule has 112 valence electrons. The first-order chi connectivity index (χ1) is 9.88. The highest BCUT2D eigenvalue weighted by molar-refractivity contribution is 5.42. The maximum Gasteiger partial charge on any atom is 0.123 e. The summed E-state index contributed by atoms with van der Waals surface area (Å²) < 4.78 is 6.04. The Bertz CT molecular complexity index is 582. The van der Waals surface area contributed by atoms with Crippen molar-refractivity contribution in [1.29, 1.82) is 0 Å². The van der Waals surface area contributed by atoms with Crippen LogP contribution in [0.25, 0.3) is 0 Å². The number of nitrogens with two attached hydrogens (primary N) is 1. The Kier molecular flexibility index (Phi) is 4.69. The predicted octanol–water partition coefficient (Wildman–Crippen LogP) is 4.58. The molecule has 2 aromatic rings. The van der Waals surface area contributed by atoms with E-state index in [2.05, 4.69) is 45.0 Å². The van der Waals surface area contributed by atoms with Gasteiger partial charge in [0.2, 0.25) is 0 Å². The summed E-state index contributed by atoms with van der Waals surface area (Å²) in [4.78, 5) is 0. The van der Waals surface area contributed by atoms with E-state index in [-0.39, 0.29) is 11.5 Å². The molecule has 0 saturated carbocycles. The first-order valence-corrected chi connectivity index (χ1v) is 7.44. The average molecular weight is 283 g/mol. The molecule has 0 aliphatic rings. The summed E-state index contributed by atoms with van der Waals surface area (Å²) in [6.07, 6.45) is 0. The Morgan fingerprint density at radius 1 is 1.05 bits per heavy atom. The van der Waals surface area contributed by atoms with Crippen molar-refractivity contribution >= 4 is 0 Å². The van der Waals surface area contributed by atoms with E-state index in [1.54, 1.807) is 0 Å². The van der Waals surface area contributed by atoms with E-state index in [1.807, 2.05) is 31.2 Å². The number of hydrogen-bond donors (Lipinski definition) is 1.